The van der Waals surface area contributed by atoms with E-state index in [1.165, 1.54) is 5.56 Å². The summed E-state index contributed by atoms with van der Waals surface area (Å²) in [5, 5.41) is 2.84. The van der Waals surface area contributed by atoms with E-state index in [0.717, 1.165) is 23.2 Å². The standard InChI is InChI=1S/C26H25N3O2/c1-29-22-17-9-8-16-21(22)24(20-14-6-3-7-15-20)28-25(26(29)31)27-23(30)18-10-13-19-11-4-2-5-12-19/h2-9,11-12,14-17,25H,10,13,18H2,1H3,(H,27,30). The summed E-state index contributed by atoms with van der Waals surface area (Å²) in [5.74, 6) is -0.431. The highest BCUT2D eigenvalue weighted by Crippen LogP contribution is 2.27. The maximum absolute atomic E-state index is 13.1. The molecule has 2 amide bonds. The monoisotopic (exact) mass is 411 g/mol. The number of likely N-dealkylation sites (N-methyl/N-ethyl adjacent to an activating group) is 1. The fourth-order valence-electron chi connectivity index (χ4n) is 3.76. The van der Waals surface area contributed by atoms with Crippen LogP contribution in [0, 0.1) is 0 Å². The number of amides is 2. The van der Waals surface area contributed by atoms with E-state index >= 15 is 0 Å². The van der Waals surface area contributed by atoms with Crippen LogP contribution in [0.3, 0.4) is 0 Å². The molecule has 0 bridgehead atoms. The summed E-state index contributed by atoms with van der Waals surface area (Å²) >= 11 is 0. The van der Waals surface area contributed by atoms with Crippen LogP contribution in [-0.2, 0) is 16.0 Å². The molecule has 156 valence electrons. The summed E-state index contributed by atoms with van der Waals surface area (Å²) in [4.78, 5) is 32.0. The molecule has 3 aromatic carbocycles. The van der Waals surface area contributed by atoms with E-state index < -0.39 is 6.17 Å². The van der Waals surface area contributed by atoms with Crippen molar-refractivity contribution in [3.8, 4) is 0 Å². The molecular weight excluding hydrogens is 386 g/mol. The number of para-hydroxylation sites is 1. The molecule has 0 fully saturated rings. The van der Waals surface area contributed by atoms with Crippen LogP contribution in [0.5, 0.6) is 0 Å². The van der Waals surface area contributed by atoms with Crippen molar-refractivity contribution < 1.29 is 9.59 Å². The number of carbonyl (C=O) groups is 2. The van der Waals surface area contributed by atoms with Crippen molar-refractivity contribution in [2.75, 3.05) is 11.9 Å². The maximum Gasteiger partial charge on any atom is 0.272 e. The molecule has 1 heterocycles. The fraction of sp³-hybridized carbons (Fsp3) is 0.192. The molecule has 0 saturated carbocycles. The van der Waals surface area contributed by atoms with Gasteiger partial charge in [0.25, 0.3) is 5.91 Å². The van der Waals surface area contributed by atoms with Crippen LogP contribution in [0.15, 0.2) is 89.9 Å². The smallest absolute Gasteiger partial charge is 0.272 e. The second kappa shape index (κ2) is 9.39. The molecule has 0 aliphatic carbocycles. The molecule has 1 aliphatic heterocycles. The Labute approximate surface area is 182 Å². The number of rotatable bonds is 6. The number of carbonyl (C=O) groups excluding carboxylic acids is 2. The highest BCUT2D eigenvalue weighted by molar-refractivity contribution is 6.20. The lowest BCUT2D eigenvalue weighted by Crippen LogP contribution is -2.46. The summed E-state index contributed by atoms with van der Waals surface area (Å²) in [5.41, 5.74) is 4.44. The van der Waals surface area contributed by atoms with Crippen molar-refractivity contribution in [1.82, 2.24) is 5.32 Å². The van der Waals surface area contributed by atoms with Crippen LogP contribution in [0.1, 0.15) is 29.5 Å². The van der Waals surface area contributed by atoms with Gasteiger partial charge in [0.05, 0.1) is 11.4 Å². The van der Waals surface area contributed by atoms with Gasteiger partial charge in [-0.25, -0.2) is 4.99 Å². The number of anilines is 1. The summed E-state index contributed by atoms with van der Waals surface area (Å²) in [6, 6.07) is 27.5. The number of nitrogens with zero attached hydrogens (tertiary/aromatic N) is 2. The van der Waals surface area contributed by atoms with Crippen LogP contribution in [0.25, 0.3) is 0 Å². The predicted molar refractivity (Wildman–Crippen MR) is 123 cm³/mol. The summed E-state index contributed by atoms with van der Waals surface area (Å²) in [7, 11) is 1.72. The van der Waals surface area contributed by atoms with Crippen LogP contribution in [-0.4, -0.2) is 30.7 Å². The molecule has 1 atom stereocenters. The lowest BCUT2D eigenvalue weighted by Gasteiger charge is -2.20. The first-order chi connectivity index (χ1) is 15.1. The molecule has 1 N–H and O–H groups in total. The van der Waals surface area contributed by atoms with Crippen molar-refractivity contribution in [1.29, 1.82) is 0 Å². The second-order valence-corrected chi connectivity index (χ2v) is 7.57. The third-order valence-electron chi connectivity index (χ3n) is 5.40. The van der Waals surface area contributed by atoms with Gasteiger partial charge in [-0.1, -0.05) is 78.9 Å². The number of benzodiazepines with no additional fused rings is 1. The van der Waals surface area contributed by atoms with Gasteiger partial charge in [0.2, 0.25) is 12.1 Å². The largest absolute Gasteiger partial charge is 0.327 e. The molecule has 31 heavy (non-hydrogen) atoms. The zero-order chi connectivity index (χ0) is 21.6. The average molecular weight is 412 g/mol. The number of benzene rings is 3. The third kappa shape index (κ3) is 4.72. The van der Waals surface area contributed by atoms with Gasteiger partial charge in [0, 0.05) is 24.6 Å². The zero-order valence-electron chi connectivity index (χ0n) is 17.5. The predicted octanol–water partition coefficient (Wildman–Crippen LogP) is 3.97. The fourth-order valence-corrected chi connectivity index (χ4v) is 3.76. The van der Waals surface area contributed by atoms with Gasteiger partial charge in [-0.2, -0.15) is 0 Å². The normalized spacial score (nSPS) is 15.6. The molecule has 0 aromatic heterocycles. The molecular formula is C26H25N3O2. The van der Waals surface area contributed by atoms with Crippen molar-refractivity contribution in [2.45, 2.75) is 25.4 Å². The molecule has 0 radical (unpaired) electrons. The van der Waals surface area contributed by atoms with Gasteiger partial charge >= 0.3 is 0 Å². The number of fused-ring (bicyclic) bond motifs is 1. The lowest BCUT2D eigenvalue weighted by atomic mass is 10.0. The van der Waals surface area contributed by atoms with Crippen molar-refractivity contribution >= 4 is 23.2 Å². The molecule has 1 unspecified atom stereocenters. The summed E-state index contributed by atoms with van der Waals surface area (Å²) in [6.45, 7) is 0. The molecule has 0 spiro atoms. The molecule has 5 heteroatoms. The van der Waals surface area contributed by atoms with E-state index in [1.54, 1.807) is 11.9 Å². The second-order valence-electron chi connectivity index (χ2n) is 7.57. The van der Waals surface area contributed by atoms with Gasteiger partial charge in [0.1, 0.15) is 0 Å². The minimum Gasteiger partial charge on any atom is -0.327 e. The van der Waals surface area contributed by atoms with Gasteiger partial charge in [-0.05, 0) is 24.5 Å². The lowest BCUT2D eigenvalue weighted by molar-refractivity contribution is -0.127. The quantitative estimate of drug-likeness (QED) is 0.667. The van der Waals surface area contributed by atoms with Gasteiger partial charge < -0.3 is 10.2 Å². The minimum atomic E-state index is -0.961. The Morgan fingerprint density at radius 2 is 1.58 bits per heavy atom. The Balaban J connectivity index is 1.55. The Bertz CT molecular complexity index is 1090. The van der Waals surface area contributed by atoms with E-state index in [-0.39, 0.29) is 11.8 Å². The third-order valence-corrected chi connectivity index (χ3v) is 5.40. The number of aryl methyl sites for hydroxylation is 1. The summed E-state index contributed by atoms with van der Waals surface area (Å²) < 4.78 is 0. The number of hydrogen-bond donors (Lipinski definition) is 1. The first-order valence-corrected chi connectivity index (χ1v) is 10.5. The maximum atomic E-state index is 13.1. The van der Waals surface area contributed by atoms with E-state index in [2.05, 4.69) is 17.4 Å². The highest BCUT2D eigenvalue weighted by Gasteiger charge is 2.30. The van der Waals surface area contributed by atoms with Crippen molar-refractivity contribution in [3.05, 3.63) is 102 Å². The zero-order valence-corrected chi connectivity index (χ0v) is 17.5. The topological polar surface area (TPSA) is 61.8 Å². The van der Waals surface area contributed by atoms with Crippen LogP contribution in [0.4, 0.5) is 5.69 Å². The Hall–Kier alpha value is -3.73. The van der Waals surface area contributed by atoms with Crippen molar-refractivity contribution in [2.24, 2.45) is 4.99 Å². The average Bonchev–Trinajstić information content (AvgIpc) is 2.91. The molecule has 1 aliphatic rings. The molecule has 0 saturated heterocycles. The van der Waals surface area contributed by atoms with E-state index in [4.69, 9.17) is 4.99 Å². The van der Waals surface area contributed by atoms with Gasteiger partial charge in [-0.15, -0.1) is 0 Å². The first kappa shape index (κ1) is 20.5. The first-order valence-electron chi connectivity index (χ1n) is 10.5. The van der Waals surface area contributed by atoms with E-state index in [9.17, 15) is 9.59 Å². The number of nitrogens with one attached hydrogen (secondary N) is 1. The molecule has 4 rings (SSSR count). The van der Waals surface area contributed by atoms with Crippen molar-refractivity contribution in [3.63, 3.8) is 0 Å². The SMILES string of the molecule is CN1C(=O)C(NC(=O)CCCc2ccccc2)N=C(c2ccccc2)c2ccccc21. The Morgan fingerprint density at radius 3 is 2.32 bits per heavy atom. The highest BCUT2D eigenvalue weighted by atomic mass is 16.2. The van der Waals surface area contributed by atoms with Crippen LogP contribution < -0.4 is 10.2 Å². The minimum absolute atomic E-state index is 0.176. The van der Waals surface area contributed by atoms with Gasteiger partial charge in [0.15, 0.2) is 0 Å². The Morgan fingerprint density at radius 1 is 0.935 bits per heavy atom. The Kier molecular flexibility index (Phi) is 6.22. The number of hydrogen-bond acceptors (Lipinski definition) is 3. The summed E-state index contributed by atoms with van der Waals surface area (Å²) in [6.07, 6.45) is 0.904. The molecule has 5 nitrogen and oxygen atoms in total. The van der Waals surface area contributed by atoms with Crippen LogP contribution in [0.2, 0.25) is 0 Å². The van der Waals surface area contributed by atoms with Gasteiger partial charge in [-0.3, -0.25) is 9.59 Å². The molecule has 3 aromatic rings. The van der Waals surface area contributed by atoms with Crippen LogP contribution >= 0.6 is 0 Å². The van der Waals surface area contributed by atoms with E-state index in [1.807, 2.05) is 72.8 Å². The van der Waals surface area contributed by atoms with E-state index in [0.29, 0.717) is 18.6 Å². The number of aliphatic imine (C=N–C) groups is 1.